The molecule has 4 atom stereocenters. The van der Waals surface area contributed by atoms with Gasteiger partial charge in [0.1, 0.15) is 41.1 Å². The van der Waals surface area contributed by atoms with Gasteiger partial charge in [-0.3, -0.25) is 0 Å². The predicted molar refractivity (Wildman–Crippen MR) is 156 cm³/mol. The number of hydrogen-bond donors (Lipinski definition) is 4. The van der Waals surface area contributed by atoms with Crippen LogP contribution in [0.25, 0.3) is 21.9 Å². The Morgan fingerprint density at radius 2 is 1.95 bits per heavy atom. The number of ether oxygens (including phenoxy) is 1. The van der Waals surface area contributed by atoms with Crippen LogP contribution in [-0.4, -0.2) is 54.6 Å². The van der Waals surface area contributed by atoms with E-state index in [0.717, 1.165) is 35.1 Å². The zero-order valence-electron chi connectivity index (χ0n) is 22.0. The van der Waals surface area contributed by atoms with Crippen molar-refractivity contribution < 1.29 is 14.9 Å². The van der Waals surface area contributed by atoms with Gasteiger partial charge in [0.05, 0.1) is 23.6 Å². The number of nitrogens with one attached hydrogen (secondary N) is 1. The molecule has 9 nitrogen and oxygen atoms in total. The summed E-state index contributed by atoms with van der Waals surface area (Å²) < 4.78 is 8.01. The highest BCUT2D eigenvalue weighted by Crippen LogP contribution is 2.45. The number of aliphatic hydroxyl groups is 2. The summed E-state index contributed by atoms with van der Waals surface area (Å²) in [6.45, 7) is 4.74. The molecule has 3 aromatic heterocycles. The van der Waals surface area contributed by atoms with E-state index in [9.17, 15) is 10.2 Å². The Hall–Kier alpha value is -4.47. The molecule has 0 aliphatic heterocycles. The van der Waals surface area contributed by atoms with Crippen LogP contribution < -0.4 is 15.8 Å². The van der Waals surface area contributed by atoms with Crippen LogP contribution in [-0.2, 0) is 6.42 Å². The summed E-state index contributed by atoms with van der Waals surface area (Å²) in [7, 11) is 0. The van der Waals surface area contributed by atoms with Gasteiger partial charge in [0, 0.05) is 30.1 Å². The Bertz CT molecular complexity index is 1660. The minimum atomic E-state index is -1.54. The molecule has 6 rings (SSSR count). The summed E-state index contributed by atoms with van der Waals surface area (Å²) in [6, 6.07) is 21.0. The van der Waals surface area contributed by atoms with Gasteiger partial charge in [0.2, 0.25) is 0 Å². The number of aromatic nitrogens is 4. The van der Waals surface area contributed by atoms with E-state index in [1.165, 1.54) is 18.0 Å². The molecule has 0 spiro atoms. The topological polar surface area (TPSA) is 131 Å². The highest BCUT2D eigenvalue weighted by atomic mass is 16.5. The summed E-state index contributed by atoms with van der Waals surface area (Å²) in [5.41, 5.74) is 6.96. The second kappa shape index (κ2) is 10.6. The van der Waals surface area contributed by atoms with E-state index in [1.807, 2.05) is 59.3 Å². The van der Waals surface area contributed by atoms with Crippen molar-refractivity contribution in [1.82, 2.24) is 19.5 Å². The van der Waals surface area contributed by atoms with Crippen molar-refractivity contribution in [2.24, 2.45) is 5.92 Å². The Morgan fingerprint density at radius 3 is 2.77 bits per heavy atom. The molecule has 40 heavy (non-hydrogen) atoms. The summed E-state index contributed by atoms with van der Waals surface area (Å²) in [6.07, 6.45) is 5.06. The minimum Gasteiger partial charge on any atom is -0.493 e. The van der Waals surface area contributed by atoms with Crippen LogP contribution in [0.5, 0.6) is 5.75 Å². The van der Waals surface area contributed by atoms with E-state index < -0.39 is 23.7 Å². The van der Waals surface area contributed by atoms with Gasteiger partial charge in [-0.2, -0.15) is 0 Å². The van der Waals surface area contributed by atoms with Gasteiger partial charge in [-0.05, 0) is 48.7 Å². The van der Waals surface area contributed by atoms with Crippen molar-refractivity contribution >= 4 is 33.6 Å². The standard InChI is InChI=1S/C31H32N6O3/c1-2-31(39)22(18-40-23-10-8-21-9-11-27(32)36-25(21)17-23)16-26(28(31)38)37-15-13-24-29(34-19-35-30(24)37)33-14-12-20-6-4-3-5-7-20/h2-11,13,15,17,19,22,26,28,38-39H,1,12,14,16,18H2,(H2,32,36)(H,33,34,35)/t22-,26-,28+,31-/m1/s1. The fraction of sp³-hybridized carbons (Fsp3) is 0.258. The fourth-order valence-electron chi connectivity index (χ4n) is 5.66. The summed E-state index contributed by atoms with van der Waals surface area (Å²) in [4.78, 5) is 13.3. The molecule has 2 aromatic carbocycles. The van der Waals surface area contributed by atoms with E-state index in [1.54, 1.807) is 6.07 Å². The Kier molecular flexibility index (Phi) is 6.83. The fourth-order valence-corrected chi connectivity index (χ4v) is 5.66. The number of benzene rings is 2. The highest BCUT2D eigenvalue weighted by Gasteiger charge is 2.53. The van der Waals surface area contributed by atoms with Crippen LogP contribution in [0.3, 0.4) is 0 Å². The lowest BCUT2D eigenvalue weighted by molar-refractivity contribution is -0.0600. The molecule has 0 radical (unpaired) electrons. The Balaban J connectivity index is 1.20. The smallest absolute Gasteiger partial charge is 0.145 e. The number of hydrogen-bond acceptors (Lipinski definition) is 8. The quantitative estimate of drug-likeness (QED) is 0.207. The first-order valence-corrected chi connectivity index (χ1v) is 13.4. The molecular formula is C31H32N6O3. The first-order valence-electron chi connectivity index (χ1n) is 13.4. The molecule has 3 heterocycles. The maximum absolute atomic E-state index is 11.5. The number of aliphatic hydroxyl groups excluding tert-OH is 1. The monoisotopic (exact) mass is 536 g/mol. The van der Waals surface area contributed by atoms with Crippen LogP contribution in [0, 0.1) is 5.92 Å². The predicted octanol–water partition coefficient (Wildman–Crippen LogP) is 4.13. The molecule has 1 fully saturated rings. The van der Waals surface area contributed by atoms with E-state index in [2.05, 4.69) is 39.0 Å². The average molecular weight is 537 g/mol. The largest absolute Gasteiger partial charge is 0.493 e. The van der Waals surface area contributed by atoms with E-state index in [0.29, 0.717) is 23.6 Å². The van der Waals surface area contributed by atoms with Crippen LogP contribution in [0.15, 0.2) is 91.9 Å². The highest BCUT2D eigenvalue weighted by molar-refractivity contribution is 5.87. The molecule has 0 saturated heterocycles. The van der Waals surface area contributed by atoms with Crippen molar-refractivity contribution in [2.75, 3.05) is 24.2 Å². The summed E-state index contributed by atoms with van der Waals surface area (Å²) >= 11 is 0. The van der Waals surface area contributed by atoms with E-state index in [-0.39, 0.29) is 6.61 Å². The Labute approximate surface area is 232 Å². The zero-order chi connectivity index (χ0) is 27.7. The SMILES string of the molecule is C=C[C@@]1(O)[C@@H](COc2ccc3ccc(N)nc3c2)C[C@@H](n2ccc3c(NCCc4ccccc4)ncnc32)[C@@H]1O. The van der Waals surface area contributed by atoms with Crippen LogP contribution in [0.1, 0.15) is 18.0 Å². The van der Waals surface area contributed by atoms with Crippen molar-refractivity contribution in [1.29, 1.82) is 0 Å². The van der Waals surface area contributed by atoms with Crippen molar-refractivity contribution in [3.63, 3.8) is 0 Å². The van der Waals surface area contributed by atoms with Crippen molar-refractivity contribution in [3.8, 4) is 5.75 Å². The van der Waals surface area contributed by atoms with E-state index in [4.69, 9.17) is 10.5 Å². The number of pyridine rings is 1. The summed E-state index contributed by atoms with van der Waals surface area (Å²) in [5.74, 6) is 1.37. The Morgan fingerprint density at radius 1 is 1.12 bits per heavy atom. The minimum absolute atomic E-state index is 0.185. The molecule has 204 valence electrons. The lowest BCUT2D eigenvalue weighted by atomic mass is 9.90. The third-order valence-electron chi connectivity index (χ3n) is 7.90. The lowest BCUT2D eigenvalue weighted by Crippen LogP contribution is -2.44. The van der Waals surface area contributed by atoms with Gasteiger partial charge in [0.25, 0.3) is 0 Å². The maximum atomic E-state index is 11.5. The molecule has 5 aromatic rings. The molecule has 5 N–H and O–H groups in total. The normalized spacial score (nSPS) is 22.5. The molecule has 1 aliphatic carbocycles. The lowest BCUT2D eigenvalue weighted by Gasteiger charge is -2.30. The number of rotatable bonds is 9. The van der Waals surface area contributed by atoms with Crippen molar-refractivity contribution in [2.45, 2.75) is 30.6 Å². The molecule has 1 saturated carbocycles. The number of fused-ring (bicyclic) bond motifs is 2. The first kappa shape index (κ1) is 25.8. The molecular weight excluding hydrogens is 504 g/mol. The maximum Gasteiger partial charge on any atom is 0.145 e. The zero-order valence-corrected chi connectivity index (χ0v) is 22.0. The molecule has 0 unspecified atom stereocenters. The van der Waals surface area contributed by atoms with Crippen molar-refractivity contribution in [3.05, 3.63) is 97.5 Å². The third-order valence-corrected chi connectivity index (χ3v) is 7.90. The molecule has 0 bridgehead atoms. The molecule has 1 aliphatic rings. The second-order valence-electron chi connectivity index (χ2n) is 10.3. The average Bonchev–Trinajstić information content (AvgIpc) is 3.51. The first-order chi connectivity index (χ1) is 19.5. The van der Waals surface area contributed by atoms with E-state index >= 15 is 0 Å². The van der Waals surface area contributed by atoms with Gasteiger partial charge in [-0.15, -0.1) is 6.58 Å². The van der Waals surface area contributed by atoms with Gasteiger partial charge < -0.3 is 30.6 Å². The summed E-state index contributed by atoms with van der Waals surface area (Å²) in [5, 5.41) is 28.1. The van der Waals surface area contributed by atoms with Gasteiger partial charge in [-0.25, -0.2) is 15.0 Å². The van der Waals surface area contributed by atoms with Crippen LogP contribution >= 0.6 is 0 Å². The molecule has 9 heteroatoms. The number of anilines is 2. The van der Waals surface area contributed by atoms with Gasteiger partial charge >= 0.3 is 0 Å². The van der Waals surface area contributed by atoms with Crippen LogP contribution in [0.2, 0.25) is 0 Å². The van der Waals surface area contributed by atoms with Crippen LogP contribution in [0.4, 0.5) is 11.6 Å². The number of nitrogen functional groups attached to an aromatic ring is 1. The second-order valence-corrected chi connectivity index (χ2v) is 10.3. The number of nitrogens with zero attached hydrogens (tertiary/aromatic N) is 4. The molecule has 0 amide bonds. The van der Waals surface area contributed by atoms with Gasteiger partial charge in [-0.1, -0.05) is 36.4 Å². The number of nitrogens with two attached hydrogens (primary N) is 1. The van der Waals surface area contributed by atoms with Gasteiger partial charge in [0.15, 0.2) is 0 Å². The third kappa shape index (κ3) is 4.74.